The molecule has 1 atom stereocenters. The Hall–Kier alpha value is -1.55. The zero-order valence-electron chi connectivity index (χ0n) is 11.8. The summed E-state index contributed by atoms with van der Waals surface area (Å²) in [6, 6.07) is 6.38. The lowest BCUT2D eigenvalue weighted by molar-refractivity contribution is -0.120. The summed E-state index contributed by atoms with van der Waals surface area (Å²) in [5.41, 5.74) is 3.56. The minimum Gasteiger partial charge on any atom is -0.355 e. The molecule has 0 aromatic heterocycles. The van der Waals surface area contributed by atoms with Crippen LogP contribution in [0.1, 0.15) is 19.4 Å². The number of benzene rings is 1. The summed E-state index contributed by atoms with van der Waals surface area (Å²) in [7, 11) is 0. The Bertz CT molecular complexity index is 512. The Morgan fingerprint density at radius 3 is 2.89 bits per heavy atom. The maximum atomic E-state index is 12.7. The molecule has 0 saturated carbocycles. The number of nitrogens with one attached hydrogen (secondary N) is 1. The van der Waals surface area contributed by atoms with Gasteiger partial charge in [-0.2, -0.15) is 0 Å². The van der Waals surface area contributed by atoms with E-state index in [1.807, 2.05) is 11.0 Å². The third-order valence-electron chi connectivity index (χ3n) is 4.05. The fraction of sp³-hybridized carbons (Fsp3) is 0.533. The van der Waals surface area contributed by atoms with E-state index in [1.165, 1.54) is 11.3 Å². The van der Waals surface area contributed by atoms with Crippen molar-refractivity contribution in [3.8, 4) is 0 Å². The van der Waals surface area contributed by atoms with Gasteiger partial charge < -0.3 is 15.1 Å². The molecule has 1 fully saturated rings. The number of amides is 1. The van der Waals surface area contributed by atoms with Crippen molar-refractivity contribution in [3.05, 3.63) is 23.8 Å². The fourth-order valence-electron chi connectivity index (χ4n) is 3.22. The van der Waals surface area contributed by atoms with Gasteiger partial charge in [-0.15, -0.1) is 0 Å². The van der Waals surface area contributed by atoms with Gasteiger partial charge in [0, 0.05) is 25.7 Å². The highest BCUT2D eigenvalue weighted by molar-refractivity contribution is 6.06. The molecule has 2 heterocycles. The van der Waals surface area contributed by atoms with E-state index in [0.29, 0.717) is 0 Å². The fourth-order valence-corrected chi connectivity index (χ4v) is 3.22. The number of fused-ring (bicyclic) bond motifs is 3. The quantitative estimate of drug-likeness (QED) is 0.831. The second-order valence-corrected chi connectivity index (χ2v) is 5.66. The second kappa shape index (κ2) is 4.53. The minimum absolute atomic E-state index is 0.0512. The highest BCUT2D eigenvalue weighted by atomic mass is 16.2. The molecule has 0 bridgehead atoms. The van der Waals surface area contributed by atoms with Crippen LogP contribution in [0, 0.1) is 6.92 Å². The van der Waals surface area contributed by atoms with Crippen molar-refractivity contribution in [3.63, 3.8) is 0 Å². The van der Waals surface area contributed by atoms with Crippen LogP contribution in [-0.4, -0.2) is 37.6 Å². The number of carbonyl (C=O) groups excluding carboxylic acids is 1. The predicted octanol–water partition coefficient (Wildman–Crippen LogP) is 1.53. The summed E-state index contributed by atoms with van der Waals surface area (Å²) in [4.78, 5) is 17.0. The van der Waals surface area contributed by atoms with Gasteiger partial charge in [-0.3, -0.25) is 4.79 Å². The lowest BCUT2D eigenvalue weighted by Crippen LogP contribution is -2.63. The molecular weight excluding hydrogens is 238 g/mol. The zero-order valence-corrected chi connectivity index (χ0v) is 11.8. The van der Waals surface area contributed by atoms with Crippen molar-refractivity contribution in [1.82, 2.24) is 5.32 Å². The summed E-state index contributed by atoms with van der Waals surface area (Å²) in [5.74, 6) is 0.223. The Morgan fingerprint density at radius 1 is 1.37 bits per heavy atom. The van der Waals surface area contributed by atoms with Crippen LogP contribution in [0.3, 0.4) is 0 Å². The summed E-state index contributed by atoms with van der Waals surface area (Å²) in [6.45, 7) is 8.88. The maximum Gasteiger partial charge on any atom is 0.251 e. The van der Waals surface area contributed by atoms with Crippen LogP contribution in [0.15, 0.2) is 18.2 Å². The first-order valence-electron chi connectivity index (χ1n) is 7.01. The standard InChI is InChI=1S/C15H21N3O/c1-10(2)18-12-6-4-5-11(3)14(12)17-8-7-16-9-13(17)15(18)19/h4-6,10,13,16H,7-9H2,1-3H3. The number of carbonyl (C=O) groups is 1. The molecule has 1 N–H and O–H groups in total. The number of anilines is 2. The first-order chi connectivity index (χ1) is 9.11. The molecule has 19 heavy (non-hydrogen) atoms. The topological polar surface area (TPSA) is 35.6 Å². The first kappa shape index (κ1) is 12.5. The molecule has 1 saturated heterocycles. The molecule has 2 aliphatic heterocycles. The van der Waals surface area contributed by atoms with Gasteiger partial charge in [0.15, 0.2) is 0 Å². The van der Waals surface area contributed by atoms with Gasteiger partial charge in [-0.25, -0.2) is 0 Å². The van der Waals surface area contributed by atoms with Crippen molar-refractivity contribution >= 4 is 17.3 Å². The Labute approximate surface area is 114 Å². The number of hydrogen-bond donors (Lipinski definition) is 1. The molecule has 2 aliphatic rings. The van der Waals surface area contributed by atoms with Crippen LogP contribution in [0.5, 0.6) is 0 Å². The smallest absolute Gasteiger partial charge is 0.251 e. The second-order valence-electron chi connectivity index (χ2n) is 5.66. The van der Waals surface area contributed by atoms with Crippen molar-refractivity contribution in [1.29, 1.82) is 0 Å². The number of rotatable bonds is 1. The molecule has 1 aromatic carbocycles. The Balaban J connectivity index is 2.17. The van der Waals surface area contributed by atoms with Crippen molar-refractivity contribution < 1.29 is 4.79 Å². The lowest BCUT2D eigenvalue weighted by Gasteiger charge is -2.47. The normalized spacial score (nSPS) is 22.5. The maximum absolute atomic E-state index is 12.7. The van der Waals surface area contributed by atoms with Crippen molar-refractivity contribution in [2.24, 2.45) is 0 Å². The van der Waals surface area contributed by atoms with Crippen LogP contribution in [0.4, 0.5) is 11.4 Å². The molecular formula is C15H21N3O. The monoisotopic (exact) mass is 259 g/mol. The average molecular weight is 259 g/mol. The van der Waals surface area contributed by atoms with Crippen LogP contribution in [0.2, 0.25) is 0 Å². The van der Waals surface area contributed by atoms with E-state index in [9.17, 15) is 4.79 Å². The van der Waals surface area contributed by atoms with Crippen molar-refractivity contribution in [2.45, 2.75) is 32.9 Å². The summed E-state index contributed by atoms with van der Waals surface area (Å²) < 4.78 is 0. The van der Waals surface area contributed by atoms with Gasteiger partial charge in [-0.1, -0.05) is 12.1 Å². The van der Waals surface area contributed by atoms with Gasteiger partial charge in [0.1, 0.15) is 6.04 Å². The van der Waals surface area contributed by atoms with E-state index < -0.39 is 0 Å². The molecule has 0 spiro atoms. The minimum atomic E-state index is -0.0512. The molecule has 1 aromatic rings. The van der Waals surface area contributed by atoms with Crippen LogP contribution < -0.4 is 15.1 Å². The van der Waals surface area contributed by atoms with Crippen LogP contribution >= 0.6 is 0 Å². The Morgan fingerprint density at radius 2 is 2.16 bits per heavy atom. The van der Waals surface area contributed by atoms with Gasteiger partial charge in [0.25, 0.3) is 5.91 Å². The number of nitrogens with zero attached hydrogens (tertiary/aromatic N) is 2. The van der Waals surface area contributed by atoms with E-state index in [1.54, 1.807) is 0 Å². The number of hydrogen-bond acceptors (Lipinski definition) is 3. The lowest BCUT2D eigenvalue weighted by atomic mass is 9.99. The third-order valence-corrected chi connectivity index (χ3v) is 4.05. The van der Waals surface area contributed by atoms with Gasteiger partial charge in [-0.05, 0) is 32.4 Å². The number of aryl methyl sites for hydroxylation is 1. The molecule has 102 valence electrons. The third kappa shape index (κ3) is 1.82. The molecule has 0 radical (unpaired) electrons. The van der Waals surface area contributed by atoms with Gasteiger partial charge >= 0.3 is 0 Å². The molecule has 4 heteroatoms. The largest absolute Gasteiger partial charge is 0.355 e. The summed E-state index contributed by atoms with van der Waals surface area (Å²) >= 11 is 0. The van der Waals surface area contributed by atoms with Gasteiger partial charge in [0.2, 0.25) is 0 Å². The van der Waals surface area contributed by atoms with E-state index in [0.717, 1.165) is 25.3 Å². The van der Waals surface area contributed by atoms with E-state index >= 15 is 0 Å². The summed E-state index contributed by atoms with van der Waals surface area (Å²) in [6.07, 6.45) is 0. The SMILES string of the molecule is Cc1cccc2c1N1CCNCC1C(=O)N2C(C)C. The molecule has 3 rings (SSSR count). The summed E-state index contributed by atoms with van der Waals surface area (Å²) in [5, 5.41) is 3.33. The highest BCUT2D eigenvalue weighted by Gasteiger charge is 2.40. The number of piperazine rings is 1. The van der Waals surface area contributed by atoms with E-state index in [2.05, 4.69) is 43.1 Å². The average Bonchev–Trinajstić information content (AvgIpc) is 2.38. The molecule has 4 nitrogen and oxygen atoms in total. The Kier molecular flexibility index (Phi) is 2.97. The highest BCUT2D eigenvalue weighted by Crippen LogP contribution is 2.39. The van der Waals surface area contributed by atoms with Crippen molar-refractivity contribution in [2.75, 3.05) is 29.4 Å². The van der Waals surface area contributed by atoms with E-state index in [4.69, 9.17) is 0 Å². The molecule has 1 amide bonds. The zero-order chi connectivity index (χ0) is 13.6. The predicted molar refractivity (Wildman–Crippen MR) is 77.8 cm³/mol. The van der Waals surface area contributed by atoms with E-state index in [-0.39, 0.29) is 18.0 Å². The van der Waals surface area contributed by atoms with Crippen LogP contribution in [0.25, 0.3) is 0 Å². The first-order valence-corrected chi connectivity index (χ1v) is 7.01. The molecule has 1 unspecified atom stereocenters. The molecule has 0 aliphatic carbocycles. The number of para-hydroxylation sites is 1. The van der Waals surface area contributed by atoms with Crippen LogP contribution in [-0.2, 0) is 4.79 Å². The van der Waals surface area contributed by atoms with Gasteiger partial charge in [0.05, 0.1) is 11.4 Å².